The number of ether oxygens (including phenoxy) is 1. The van der Waals surface area contributed by atoms with Crippen molar-refractivity contribution in [3.8, 4) is 5.75 Å². The lowest BCUT2D eigenvalue weighted by molar-refractivity contribution is -0.885. The van der Waals surface area contributed by atoms with Crippen molar-refractivity contribution in [2.45, 2.75) is 38.8 Å². The van der Waals surface area contributed by atoms with Crippen LogP contribution in [0.15, 0.2) is 54.6 Å². The third-order valence-electron chi connectivity index (χ3n) is 5.04. The number of carbonyl (C=O) groups excluding carboxylic acids is 2. The Bertz CT molecular complexity index is 778. The van der Waals surface area contributed by atoms with Crippen LogP contribution in [0.3, 0.4) is 0 Å². The van der Waals surface area contributed by atoms with Gasteiger partial charge in [0.15, 0.2) is 12.6 Å². The molecule has 0 fully saturated rings. The number of methoxy groups -OCH3 is 1. The highest BCUT2D eigenvalue weighted by atomic mass is 16.5. The number of quaternary nitrogens is 1. The zero-order valence-electron chi connectivity index (χ0n) is 17.7. The number of anilines is 1. The summed E-state index contributed by atoms with van der Waals surface area (Å²) in [5, 5.41) is 6.00. The number of nitrogens with one attached hydrogen (secondary N) is 3. The molecule has 0 spiro atoms. The second-order valence-corrected chi connectivity index (χ2v) is 7.28. The zero-order valence-corrected chi connectivity index (χ0v) is 17.7. The summed E-state index contributed by atoms with van der Waals surface area (Å²) in [6.45, 7) is 4.15. The van der Waals surface area contributed by atoms with Crippen LogP contribution in [0.2, 0.25) is 0 Å². The first-order chi connectivity index (χ1) is 13.9. The minimum absolute atomic E-state index is 0.0166. The first kappa shape index (κ1) is 22.4. The molecule has 2 aromatic carbocycles. The highest BCUT2D eigenvalue weighted by Crippen LogP contribution is 2.18. The molecule has 0 aliphatic rings. The van der Waals surface area contributed by atoms with Crippen LogP contribution in [-0.2, 0) is 9.59 Å². The number of hydrogen-bond acceptors (Lipinski definition) is 3. The summed E-state index contributed by atoms with van der Waals surface area (Å²) in [5.74, 6) is 0.540. The fourth-order valence-corrected chi connectivity index (χ4v) is 3.10. The Morgan fingerprint density at radius 2 is 1.72 bits per heavy atom. The molecule has 6 heteroatoms. The molecule has 2 amide bonds. The van der Waals surface area contributed by atoms with Gasteiger partial charge in [0.1, 0.15) is 5.75 Å². The molecule has 0 aliphatic carbocycles. The van der Waals surface area contributed by atoms with Gasteiger partial charge >= 0.3 is 0 Å². The zero-order chi connectivity index (χ0) is 21.2. The maximum atomic E-state index is 12.8. The monoisotopic (exact) mass is 398 g/mol. The Hall–Kier alpha value is -2.86. The molecule has 6 nitrogen and oxygen atoms in total. The third-order valence-corrected chi connectivity index (χ3v) is 5.04. The average Bonchev–Trinajstić information content (AvgIpc) is 2.73. The maximum absolute atomic E-state index is 12.8. The van der Waals surface area contributed by atoms with Crippen LogP contribution in [0.25, 0.3) is 0 Å². The lowest BCUT2D eigenvalue weighted by Crippen LogP contribution is -3.15. The predicted molar refractivity (Wildman–Crippen MR) is 115 cm³/mol. The van der Waals surface area contributed by atoms with E-state index in [9.17, 15) is 9.59 Å². The number of carbonyl (C=O) groups is 2. The highest BCUT2D eigenvalue weighted by molar-refractivity contribution is 5.91. The van der Waals surface area contributed by atoms with Crippen LogP contribution in [0.5, 0.6) is 5.75 Å². The summed E-state index contributed by atoms with van der Waals surface area (Å²) in [5.41, 5.74) is 1.80. The van der Waals surface area contributed by atoms with Crippen molar-refractivity contribution in [1.82, 2.24) is 5.32 Å². The van der Waals surface area contributed by atoms with Gasteiger partial charge in [-0.25, -0.2) is 0 Å². The van der Waals surface area contributed by atoms with Gasteiger partial charge in [-0.15, -0.1) is 0 Å². The topological polar surface area (TPSA) is 71.9 Å². The molecule has 156 valence electrons. The number of hydrogen-bond donors (Lipinski definition) is 3. The second-order valence-electron chi connectivity index (χ2n) is 7.28. The molecular formula is C23H32N3O3+. The molecule has 0 saturated carbocycles. The molecule has 0 bridgehead atoms. The largest absolute Gasteiger partial charge is 0.497 e. The van der Waals surface area contributed by atoms with E-state index in [0.29, 0.717) is 5.69 Å². The minimum atomic E-state index is -0.348. The van der Waals surface area contributed by atoms with Crippen LogP contribution < -0.4 is 20.3 Å². The van der Waals surface area contributed by atoms with Crippen molar-refractivity contribution < 1.29 is 19.2 Å². The lowest BCUT2D eigenvalue weighted by atomic mass is 10.0. The number of likely N-dealkylation sites (N-methyl/N-ethyl adjacent to an activating group) is 1. The Morgan fingerprint density at radius 1 is 1.07 bits per heavy atom. The van der Waals surface area contributed by atoms with Gasteiger partial charge in [-0.2, -0.15) is 0 Å². The van der Waals surface area contributed by atoms with E-state index in [2.05, 4.69) is 17.6 Å². The summed E-state index contributed by atoms with van der Waals surface area (Å²) in [4.78, 5) is 26.0. The maximum Gasteiger partial charge on any atom is 0.279 e. The number of rotatable bonds is 10. The van der Waals surface area contributed by atoms with Crippen LogP contribution in [0.1, 0.15) is 38.3 Å². The molecule has 2 aromatic rings. The molecule has 0 saturated heterocycles. The summed E-state index contributed by atoms with van der Waals surface area (Å²) < 4.78 is 5.12. The van der Waals surface area contributed by atoms with Gasteiger partial charge in [0, 0.05) is 5.69 Å². The predicted octanol–water partition coefficient (Wildman–Crippen LogP) is 2.19. The van der Waals surface area contributed by atoms with Crippen molar-refractivity contribution in [2.75, 3.05) is 26.0 Å². The molecular weight excluding hydrogens is 366 g/mol. The van der Waals surface area contributed by atoms with Gasteiger partial charge in [-0.3, -0.25) is 9.59 Å². The van der Waals surface area contributed by atoms with Crippen LogP contribution >= 0.6 is 0 Å². The molecule has 0 heterocycles. The summed E-state index contributed by atoms with van der Waals surface area (Å²) in [6, 6.07) is 16.8. The van der Waals surface area contributed by atoms with Gasteiger partial charge in [-0.1, -0.05) is 43.7 Å². The van der Waals surface area contributed by atoms with E-state index >= 15 is 0 Å². The van der Waals surface area contributed by atoms with E-state index in [1.54, 1.807) is 31.4 Å². The summed E-state index contributed by atoms with van der Waals surface area (Å²) in [6.07, 6.45) is 1.85. The van der Waals surface area contributed by atoms with Gasteiger partial charge in [-0.05, 0) is 43.2 Å². The van der Waals surface area contributed by atoms with Crippen molar-refractivity contribution in [3.05, 3.63) is 60.2 Å². The van der Waals surface area contributed by atoms with Crippen LogP contribution in [0, 0.1) is 0 Å². The van der Waals surface area contributed by atoms with Crippen LogP contribution in [-0.4, -0.2) is 38.6 Å². The first-order valence-corrected chi connectivity index (χ1v) is 10.1. The first-order valence-electron chi connectivity index (χ1n) is 10.1. The Morgan fingerprint density at radius 3 is 2.31 bits per heavy atom. The quantitative estimate of drug-likeness (QED) is 0.575. The molecule has 2 rings (SSSR count). The SMILES string of the molecule is CCC[C@@H](NC(=O)[C@@H](C)[NH+](C)CC(=O)Nc1ccc(OC)cc1)c1ccccc1. The molecule has 3 atom stereocenters. The average molecular weight is 399 g/mol. The standard InChI is InChI=1S/C23H31N3O3/c1-5-9-21(18-10-7-6-8-11-18)25-23(28)17(2)26(3)16-22(27)24-19-12-14-20(29-4)15-13-19/h6-8,10-15,17,21H,5,9,16H2,1-4H3,(H,24,27)(H,25,28)/p+1/t17-,21-/m1/s1. The van der Waals surface area contributed by atoms with Gasteiger partial charge in [0.2, 0.25) is 0 Å². The van der Waals surface area contributed by atoms with Gasteiger partial charge in [0.05, 0.1) is 20.2 Å². The lowest BCUT2D eigenvalue weighted by Gasteiger charge is -2.24. The van der Waals surface area contributed by atoms with E-state index in [4.69, 9.17) is 4.74 Å². The van der Waals surface area contributed by atoms with Crippen molar-refractivity contribution in [2.24, 2.45) is 0 Å². The number of amides is 2. The molecule has 0 aromatic heterocycles. The minimum Gasteiger partial charge on any atom is -0.497 e. The van der Waals surface area contributed by atoms with E-state index in [1.165, 1.54) is 0 Å². The molecule has 29 heavy (non-hydrogen) atoms. The molecule has 3 N–H and O–H groups in total. The molecule has 0 radical (unpaired) electrons. The summed E-state index contributed by atoms with van der Waals surface area (Å²) in [7, 11) is 3.45. The Kier molecular flexibility index (Phi) is 8.68. The van der Waals surface area contributed by atoms with E-state index in [-0.39, 0.29) is 30.4 Å². The second kappa shape index (κ2) is 11.2. The van der Waals surface area contributed by atoms with E-state index in [1.807, 2.05) is 44.3 Å². The van der Waals surface area contributed by atoms with E-state index < -0.39 is 0 Å². The van der Waals surface area contributed by atoms with Crippen LogP contribution in [0.4, 0.5) is 5.69 Å². The van der Waals surface area contributed by atoms with Crippen molar-refractivity contribution >= 4 is 17.5 Å². The van der Waals surface area contributed by atoms with Gasteiger partial charge in [0.25, 0.3) is 11.8 Å². The normalized spacial score (nSPS) is 13.8. The third kappa shape index (κ3) is 6.91. The number of benzene rings is 2. The highest BCUT2D eigenvalue weighted by Gasteiger charge is 2.26. The Balaban J connectivity index is 1.90. The van der Waals surface area contributed by atoms with E-state index in [0.717, 1.165) is 29.1 Å². The fourth-order valence-electron chi connectivity index (χ4n) is 3.10. The Labute approximate surface area is 173 Å². The smallest absolute Gasteiger partial charge is 0.279 e. The van der Waals surface area contributed by atoms with Crippen molar-refractivity contribution in [3.63, 3.8) is 0 Å². The van der Waals surface area contributed by atoms with Crippen molar-refractivity contribution in [1.29, 1.82) is 0 Å². The molecule has 1 unspecified atom stereocenters. The molecule has 0 aliphatic heterocycles. The summed E-state index contributed by atoms with van der Waals surface area (Å²) >= 11 is 0. The van der Waals surface area contributed by atoms with Gasteiger partial charge < -0.3 is 20.3 Å². The fraction of sp³-hybridized carbons (Fsp3) is 0.391.